The molecule has 0 aromatic heterocycles. The van der Waals surface area contributed by atoms with Crippen LogP contribution in [-0.4, -0.2) is 11.4 Å². The van der Waals surface area contributed by atoms with Crippen molar-refractivity contribution in [1.29, 1.82) is 0 Å². The van der Waals surface area contributed by atoms with Crippen LogP contribution in [0, 0.1) is 0 Å². The van der Waals surface area contributed by atoms with Crippen molar-refractivity contribution in [2.24, 2.45) is 0 Å². The maximum absolute atomic E-state index is 4.38. The molecule has 0 saturated carbocycles. The molecule has 0 aliphatic rings. The molecule has 0 spiro atoms. The Hall–Kier alpha value is -2.64. The fourth-order valence-electron chi connectivity index (χ4n) is 3.60. The lowest BCUT2D eigenvalue weighted by molar-refractivity contribution is 0.276. The van der Waals surface area contributed by atoms with Crippen molar-refractivity contribution in [3.05, 3.63) is 120 Å². The minimum atomic E-state index is 0.953. The lowest BCUT2D eigenvalue weighted by atomic mass is 10.0. The van der Waals surface area contributed by atoms with Crippen LogP contribution < -0.4 is 0 Å². The molecule has 1 heteroatoms. The zero-order valence-electron chi connectivity index (χ0n) is 16.8. The largest absolute Gasteiger partial charge is 0.291 e. The number of hydrogen-bond acceptors (Lipinski definition) is 1. The van der Waals surface area contributed by atoms with E-state index >= 15 is 0 Å². The van der Waals surface area contributed by atoms with Crippen molar-refractivity contribution in [2.75, 3.05) is 6.54 Å². The molecule has 0 N–H and O–H groups in total. The van der Waals surface area contributed by atoms with Gasteiger partial charge >= 0.3 is 0 Å². The summed E-state index contributed by atoms with van der Waals surface area (Å²) >= 11 is 0. The summed E-state index contributed by atoms with van der Waals surface area (Å²) in [4.78, 5) is 2.50. The Balaban J connectivity index is 1.50. The molecule has 0 saturated heterocycles. The molecule has 3 rings (SSSR count). The number of rotatable bonds is 11. The lowest BCUT2D eigenvalue weighted by Crippen LogP contribution is -2.25. The molecule has 0 radical (unpaired) electrons. The Morgan fingerprint density at radius 2 is 1.07 bits per heavy atom. The van der Waals surface area contributed by atoms with E-state index in [2.05, 4.69) is 102 Å². The van der Waals surface area contributed by atoms with Crippen LogP contribution in [0.4, 0.5) is 0 Å². The second kappa shape index (κ2) is 11.3. The van der Waals surface area contributed by atoms with Crippen molar-refractivity contribution in [2.45, 2.75) is 38.8 Å². The molecule has 0 atom stereocenters. The van der Waals surface area contributed by atoms with Crippen LogP contribution in [0.2, 0.25) is 0 Å². The smallest absolute Gasteiger partial charge is 0.0240 e. The Morgan fingerprint density at radius 1 is 0.607 bits per heavy atom. The number of hydrogen-bond donors (Lipinski definition) is 0. The highest BCUT2D eigenvalue weighted by molar-refractivity contribution is 5.18. The molecule has 0 bridgehead atoms. The lowest BCUT2D eigenvalue weighted by Gasteiger charge is -2.24. The van der Waals surface area contributed by atoms with Crippen LogP contribution in [0.15, 0.2) is 103 Å². The molecule has 3 aromatic rings. The molecule has 0 unspecified atom stereocenters. The number of nitrogens with zero attached hydrogens (tertiary/aromatic N) is 1. The van der Waals surface area contributed by atoms with Crippen LogP contribution >= 0.6 is 0 Å². The van der Waals surface area contributed by atoms with Crippen LogP contribution in [0.25, 0.3) is 0 Å². The van der Waals surface area contributed by atoms with E-state index in [9.17, 15) is 0 Å². The van der Waals surface area contributed by atoms with E-state index in [0.717, 1.165) is 32.5 Å². The van der Waals surface area contributed by atoms with Crippen LogP contribution in [0.3, 0.4) is 0 Å². The van der Waals surface area contributed by atoms with Crippen molar-refractivity contribution in [3.63, 3.8) is 0 Å². The van der Waals surface area contributed by atoms with E-state index in [0.29, 0.717) is 0 Å². The maximum Gasteiger partial charge on any atom is 0.0240 e. The predicted octanol–water partition coefficient (Wildman–Crippen LogP) is 6.66. The van der Waals surface area contributed by atoms with Crippen LogP contribution in [-0.2, 0) is 19.5 Å². The molecule has 0 amide bonds. The van der Waals surface area contributed by atoms with E-state index in [1.54, 1.807) is 0 Å². The molecule has 28 heavy (non-hydrogen) atoms. The Bertz CT molecular complexity index is 767. The zero-order valence-corrected chi connectivity index (χ0v) is 16.8. The Labute approximate surface area is 170 Å². The summed E-state index contributed by atoms with van der Waals surface area (Å²) in [6, 6.07) is 32.2. The summed E-state index contributed by atoms with van der Waals surface area (Å²) in [5.74, 6) is 0. The monoisotopic (exact) mass is 369 g/mol. The third-order valence-corrected chi connectivity index (χ3v) is 5.03. The van der Waals surface area contributed by atoms with Gasteiger partial charge in [0.15, 0.2) is 0 Å². The van der Waals surface area contributed by atoms with Crippen LogP contribution in [0.5, 0.6) is 0 Å². The number of benzene rings is 3. The number of unbranched alkanes of at least 4 members (excludes halogenated alkanes) is 1. The normalized spacial score (nSPS) is 10.9. The van der Waals surface area contributed by atoms with Gasteiger partial charge in [0.05, 0.1) is 0 Å². The first kappa shape index (κ1) is 20.1. The second-order valence-electron chi connectivity index (χ2n) is 7.56. The summed E-state index contributed by atoms with van der Waals surface area (Å²) < 4.78 is 0. The minimum Gasteiger partial charge on any atom is -0.291 e. The average molecular weight is 370 g/mol. The summed E-state index contributed by atoms with van der Waals surface area (Å²) in [7, 11) is 0. The summed E-state index contributed by atoms with van der Waals surface area (Å²) in [6.45, 7) is 7.25. The van der Waals surface area contributed by atoms with Gasteiger partial charge in [0.25, 0.3) is 0 Å². The van der Waals surface area contributed by atoms with E-state index in [-0.39, 0.29) is 0 Å². The molecule has 0 heterocycles. The van der Waals surface area contributed by atoms with Gasteiger partial charge in [0.1, 0.15) is 0 Å². The molecular weight excluding hydrogens is 338 g/mol. The van der Waals surface area contributed by atoms with Crippen molar-refractivity contribution in [1.82, 2.24) is 4.90 Å². The predicted molar refractivity (Wildman–Crippen MR) is 120 cm³/mol. The average Bonchev–Trinajstić information content (AvgIpc) is 2.73. The standard InChI is InChI=1S/C27H31N/c1-24(13-11-12-16-25-14-5-2-6-15-25)21-28(22-26-17-7-3-8-18-26)23-27-19-9-4-10-20-27/h2-10,14-15,17-20H,1,11-13,16,21-23H2. The highest BCUT2D eigenvalue weighted by Crippen LogP contribution is 2.15. The molecule has 1 nitrogen and oxygen atoms in total. The molecule has 0 aliphatic carbocycles. The van der Waals surface area contributed by atoms with Crippen molar-refractivity contribution >= 4 is 0 Å². The first-order valence-corrected chi connectivity index (χ1v) is 10.3. The number of aryl methyl sites for hydroxylation is 1. The van der Waals surface area contributed by atoms with Gasteiger partial charge in [-0.1, -0.05) is 103 Å². The van der Waals surface area contributed by atoms with Gasteiger partial charge in [0.2, 0.25) is 0 Å². The van der Waals surface area contributed by atoms with E-state index in [1.807, 2.05) is 0 Å². The van der Waals surface area contributed by atoms with Crippen molar-refractivity contribution < 1.29 is 0 Å². The topological polar surface area (TPSA) is 3.24 Å². The highest BCUT2D eigenvalue weighted by atomic mass is 15.1. The molecule has 0 fully saturated rings. The fraction of sp³-hybridized carbons (Fsp3) is 0.259. The van der Waals surface area contributed by atoms with Gasteiger partial charge < -0.3 is 0 Å². The molecular formula is C27H31N. The molecule has 144 valence electrons. The van der Waals surface area contributed by atoms with E-state index in [4.69, 9.17) is 0 Å². The molecule has 0 aliphatic heterocycles. The quantitative estimate of drug-likeness (QED) is 0.270. The van der Waals surface area contributed by atoms with Gasteiger partial charge in [-0.05, 0) is 42.4 Å². The van der Waals surface area contributed by atoms with Gasteiger partial charge in [-0.2, -0.15) is 0 Å². The SMILES string of the molecule is C=C(CCCCc1ccccc1)CN(Cc1ccccc1)Cc1ccccc1. The first-order chi connectivity index (χ1) is 13.8. The minimum absolute atomic E-state index is 0.953. The highest BCUT2D eigenvalue weighted by Gasteiger charge is 2.09. The van der Waals surface area contributed by atoms with Gasteiger partial charge in [-0.15, -0.1) is 0 Å². The third kappa shape index (κ3) is 7.17. The van der Waals surface area contributed by atoms with Gasteiger partial charge in [0, 0.05) is 19.6 Å². The van der Waals surface area contributed by atoms with E-state index < -0.39 is 0 Å². The zero-order chi connectivity index (χ0) is 19.4. The van der Waals surface area contributed by atoms with Crippen LogP contribution in [0.1, 0.15) is 36.0 Å². The second-order valence-corrected chi connectivity index (χ2v) is 7.56. The molecule has 3 aromatic carbocycles. The fourth-order valence-corrected chi connectivity index (χ4v) is 3.60. The van der Waals surface area contributed by atoms with E-state index in [1.165, 1.54) is 35.1 Å². The summed E-state index contributed by atoms with van der Waals surface area (Å²) in [5.41, 5.74) is 5.48. The summed E-state index contributed by atoms with van der Waals surface area (Å²) in [5, 5.41) is 0. The first-order valence-electron chi connectivity index (χ1n) is 10.3. The van der Waals surface area contributed by atoms with Gasteiger partial charge in [-0.3, -0.25) is 4.90 Å². The Morgan fingerprint density at radius 3 is 1.57 bits per heavy atom. The summed E-state index contributed by atoms with van der Waals surface area (Å²) in [6.07, 6.45) is 4.69. The van der Waals surface area contributed by atoms with Gasteiger partial charge in [-0.25, -0.2) is 0 Å². The Kier molecular flexibility index (Phi) is 8.08. The maximum atomic E-state index is 4.38. The van der Waals surface area contributed by atoms with Crippen molar-refractivity contribution in [3.8, 4) is 0 Å². The third-order valence-electron chi connectivity index (χ3n) is 5.03.